The zero-order chi connectivity index (χ0) is 18.9. The Hall–Kier alpha value is -2.17. The molecule has 0 radical (unpaired) electrons. The highest BCUT2D eigenvalue weighted by Gasteiger charge is 2.59. The number of allylic oxidation sites excluding steroid dienone is 3. The van der Waals surface area contributed by atoms with Crippen molar-refractivity contribution in [1.29, 1.82) is 0 Å². The maximum atomic E-state index is 12.7. The molecular weight excluding hydrogens is 330 g/mol. The second-order valence-corrected chi connectivity index (χ2v) is 8.98. The predicted octanol–water partition coefficient (Wildman–Crippen LogP) is 3.54. The molecule has 3 aliphatic carbocycles. The molecule has 0 bridgehead atoms. The third kappa shape index (κ3) is 2.06. The Morgan fingerprint density at radius 1 is 1.31 bits per heavy atom. The highest BCUT2D eigenvalue weighted by Crippen LogP contribution is 2.64. The standard InChI is InChI=1S/C21H25NO4/c1-19(2)15-6-7-20(3)10-13(18(24)25-5)14(23)8-16(20)21(15,4)9-12-11-22-26-17(12)19/h8,10-11,15H,6-7,9H2,1-5H3/t15-,20?,21-/m0/s1. The van der Waals surface area contributed by atoms with Gasteiger partial charge in [0.2, 0.25) is 0 Å². The lowest BCUT2D eigenvalue weighted by Crippen LogP contribution is -2.53. The van der Waals surface area contributed by atoms with Crippen LogP contribution in [-0.2, 0) is 26.2 Å². The molecule has 0 N–H and O–H groups in total. The van der Waals surface area contributed by atoms with E-state index in [0.29, 0.717) is 5.92 Å². The third-order valence-electron chi connectivity index (χ3n) is 7.02. The minimum Gasteiger partial charge on any atom is -0.465 e. The summed E-state index contributed by atoms with van der Waals surface area (Å²) in [4.78, 5) is 24.7. The Bertz CT molecular complexity index is 874. The van der Waals surface area contributed by atoms with E-state index in [1.54, 1.807) is 6.08 Å². The predicted molar refractivity (Wildman–Crippen MR) is 95.4 cm³/mol. The van der Waals surface area contributed by atoms with Crippen LogP contribution in [0.3, 0.4) is 0 Å². The number of ether oxygens (including phenoxy) is 1. The van der Waals surface area contributed by atoms with Crippen molar-refractivity contribution < 1.29 is 18.8 Å². The van der Waals surface area contributed by atoms with Crippen LogP contribution >= 0.6 is 0 Å². The van der Waals surface area contributed by atoms with E-state index < -0.39 is 5.97 Å². The number of methoxy groups -OCH3 is 1. The van der Waals surface area contributed by atoms with E-state index in [-0.39, 0.29) is 27.6 Å². The number of fused-ring (bicyclic) bond motifs is 4. The van der Waals surface area contributed by atoms with E-state index >= 15 is 0 Å². The van der Waals surface area contributed by atoms with Crippen molar-refractivity contribution in [2.24, 2.45) is 16.7 Å². The molecule has 0 saturated heterocycles. The highest BCUT2D eigenvalue weighted by atomic mass is 16.5. The molecule has 1 aromatic heterocycles. The van der Waals surface area contributed by atoms with E-state index in [4.69, 9.17) is 9.26 Å². The van der Waals surface area contributed by atoms with Gasteiger partial charge in [0.25, 0.3) is 0 Å². The first-order valence-corrected chi connectivity index (χ1v) is 9.16. The Morgan fingerprint density at radius 3 is 2.73 bits per heavy atom. The molecule has 4 rings (SSSR count). The van der Waals surface area contributed by atoms with Gasteiger partial charge in [0, 0.05) is 16.4 Å². The van der Waals surface area contributed by atoms with E-state index in [1.807, 2.05) is 12.3 Å². The number of hydrogen-bond acceptors (Lipinski definition) is 5. The van der Waals surface area contributed by atoms with Gasteiger partial charge in [-0.15, -0.1) is 0 Å². The van der Waals surface area contributed by atoms with Crippen LogP contribution in [0.1, 0.15) is 51.9 Å². The second kappa shape index (κ2) is 5.18. The summed E-state index contributed by atoms with van der Waals surface area (Å²) in [6.45, 7) is 8.81. The molecule has 5 nitrogen and oxygen atoms in total. The quantitative estimate of drug-likeness (QED) is 0.569. The van der Waals surface area contributed by atoms with Crippen LogP contribution in [0.4, 0.5) is 0 Å². The summed E-state index contributed by atoms with van der Waals surface area (Å²) < 4.78 is 10.4. The van der Waals surface area contributed by atoms with Crippen molar-refractivity contribution in [1.82, 2.24) is 5.16 Å². The molecule has 0 aromatic carbocycles. The van der Waals surface area contributed by atoms with Gasteiger partial charge in [-0.2, -0.15) is 0 Å². The summed E-state index contributed by atoms with van der Waals surface area (Å²) in [5.74, 6) is 0.511. The molecule has 5 heteroatoms. The zero-order valence-electron chi connectivity index (χ0n) is 16.0. The fourth-order valence-electron chi connectivity index (χ4n) is 5.93. The molecule has 138 valence electrons. The molecule has 1 unspecified atom stereocenters. The van der Waals surface area contributed by atoms with Crippen LogP contribution in [0.2, 0.25) is 0 Å². The van der Waals surface area contributed by atoms with Gasteiger partial charge in [0.1, 0.15) is 11.3 Å². The molecule has 26 heavy (non-hydrogen) atoms. The molecule has 1 fully saturated rings. The number of aromatic nitrogens is 1. The normalized spacial score (nSPS) is 34.8. The van der Waals surface area contributed by atoms with Crippen molar-refractivity contribution in [2.45, 2.75) is 52.4 Å². The molecule has 1 aromatic rings. The van der Waals surface area contributed by atoms with Gasteiger partial charge in [0.05, 0.1) is 13.3 Å². The Balaban J connectivity index is 1.85. The minimum atomic E-state index is -0.552. The Morgan fingerprint density at radius 2 is 2.04 bits per heavy atom. The smallest absolute Gasteiger partial charge is 0.341 e. The lowest BCUT2D eigenvalue weighted by Gasteiger charge is -2.58. The summed E-state index contributed by atoms with van der Waals surface area (Å²) in [5.41, 5.74) is 1.75. The molecule has 1 heterocycles. The molecule has 0 amide bonds. The zero-order valence-corrected chi connectivity index (χ0v) is 16.0. The van der Waals surface area contributed by atoms with Gasteiger partial charge in [-0.3, -0.25) is 4.79 Å². The van der Waals surface area contributed by atoms with Gasteiger partial charge in [-0.25, -0.2) is 4.79 Å². The van der Waals surface area contributed by atoms with Gasteiger partial charge in [-0.1, -0.05) is 44.5 Å². The lowest BCUT2D eigenvalue weighted by molar-refractivity contribution is -0.137. The van der Waals surface area contributed by atoms with E-state index in [2.05, 4.69) is 32.9 Å². The summed E-state index contributed by atoms with van der Waals surface area (Å²) in [5, 5.41) is 4.04. The first-order chi connectivity index (χ1) is 12.1. The number of carbonyl (C=O) groups is 2. The number of ketones is 1. The number of carbonyl (C=O) groups excluding carboxylic acids is 2. The molecule has 3 atom stereocenters. The summed E-state index contributed by atoms with van der Waals surface area (Å²) >= 11 is 0. The highest BCUT2D eigenvalue weighted by molar-refractivity contribution is 6.22. The maximum Gasteiger partial charge on any atom is 0.341 e. The van der Waals surface area contributed by atoms with E-state index in [1.165, 1.54) is 7.11 Å². The first-order valence-electron chi connectivity index (χ1n) is 9.16. The topological polar surface area (TPSA) is 69.4 Å². The Labute approximate surface area is 153 Å². The van der Waals surface area contributed by atoms with Crippen molar-refractivity contribution in [2.75, 3.05) is 7.11 Å². The summed E-state index contributed by atoms with van der Waals surface area (Å²) in [6.07, 6.45) is 8.04. The molecule has 0 spiro atoms. The number of hydrogen-bond donors (Lipinski definition) is 0. The maximum absolute atomic E-state index is 12.7. The Kier molecular flexibility index (Phi) is 3.44. The second-order valence-electron chi connectivity index (χ2n) is 8.98. The molecule has 1 saturated carbocycles. The van der Waals surface area contributed by atoms with Crippen molar-refractivity contribution in [3.05, 3.63) is 40.8 Å². The van der Waals surface area contributed by atoms with Gasteiger partial charge in [0.15, 0.2) is 5.78 Å². The van der Waals surface area contributed by atoms with Crippen LogP contribution < -0.4 is 0 Å². The third-order valence-corrected chi connectivity index (χ3v) is 7.02. The molecule has 0 aliphatic heterocycles. The minimum absolute atomic E-state index is 0.154. The molecule has 3 aliphatic rings. The SMILES string of the molecule is COC(=O)C1=CC2(C)CC[C@H]3C(C)(C)c4oncc4C[C@]3(C)C2=CC1=O. The van der Waals surface area contributed by atoms with Crippen molar-refractivity contribution in [3.8, 4) is 0 Å². The molecular formula is C21H25NO4. The monoisotopic (exact) mass is 355 g/mol. The fraction of sp³-hybridized carbons (Fsp3) is 0.571. The van der Waals surface area contributed by atoms with Crippen molar-refractivity contribution in [3.63, 3.8) is 0 Å². The number of rotatable bonds is 1. The number of esters is 1. The largest absolute Gasteiger partial charge is 0.465 e. The average Bonchev–Trinajstić information content (AvgIpc) is 3.03. The van der Waals surface area contributed by atoms with Crippen LogP contribution in [0.15, 0.2) is 34.0 Å². The lowest BCUT2D eigenvalue weighted by atomic mass is 9.45. The van der Waals surface area contributed by atoms with Crippen LogP contribution in [0.25, 0.3) is 0 Å². The van der Waals surface area contributed by atoms with Crippen LogP contribution in [0, 0.1) is 16.7 Å². The van der Waals surface area contributed by atoms with Crippen molar-refractivity contribution >= 4 is 11.8 Å². The van der Waals surface area contributed by atoms with E-state index in [9.17, 15) is 9.59 Å². The summed E-state index contributed by atoms with van der Waals surface area (Å²) in [6, 6.07) is 0. The van der Waals surface area contributed by atoms with E-state index in [0.717, 1.165) is 36.2 Å². The van der Waals surface area contributed by atoms with Gasteiger partial charge >= 0.3 is 5.97 Å². The summed E-state index contributed by atoms with van der Waals surface area (Å²) in [7, 11) is 1.31. The first kappa shape index (κ1) is 17.3. The van der Waals surface area contributed by atoms with Gasteiger partial charge in [-0.05, 0) is 36.7 Å². The average molecular weight is 355 g/mol. The van der Waals surface area contributed by atoms with Crippen LogP contribution in [-0.4, -0.2) is 24.0 Å². The fourth-order valence-corrected chi connectivity index (χ4v) is 5.93. The number of nitrogens with zero attached hydrogens (tertiary/aromatic N) is 1. The van der Waals surface area contributed by atoms with Crippen LogP contribution in [0.5, 0.6) is 0 Å². The van der Waals surface area contributed by atoms with Gasteiger partial charge < -0.3 is 9.26 Å².